The number of benzene rings is 1. The Morgan fingerprint density at radius 1 is 1.14 bits per heavy atom. The SMILES string of the molecule is CCCOc1ccc(N(CC(=O)N2CCC(C(=O)OCC)CC2)S(C)(=O)=O)cc1. The van der Waals surface area contributed by atoms with Gasteiger partial charge in [0, 0.05) is 13.1 Å². The van der Waals surface area contributed by atoms with Crippen LogP contribution in [0.1, 0.15) is 33.1 Å². The molecule has 1 amide bonds. The normalized spacial score (nSPS) is 15.1. The second-order valence-corrected chi connectivity index (χ2v) is 8.93. The van der Waals surface area contributed by atoms with Gasteiger partial charge in [-0.25, -0.2) is 8.42 Å². The van der Waals surface area contributed by atoms with E-state index in [1.54, 1.807) is 36.1 Å². The number of anilines is 1. The number of carbonyl (C=O) groups excluding carboxylic acids is 2. The zero-order valence-electron chi connectivity index (χ0n) is 17.3. The van der Waals surface area contributed by atoms with E-state index in [-0.39, 0.29) is 24.3 Å². The fraction of sp³-hybridized carbons (Fsp3) is 0.600. The molecule has 29 heavy (non-hydrogen) atoms. The van der Waals surface area contributed by atoms with Gasteiger partial charge in [-0.05, 0) is 50.5 Å². The molecule has 0 bridgehead atoms. The first kappa shape index (κ1) is 23.0. The smallest absolute Gasteiger partial charge is 0.309 e. The summed E-state index contributed by atoms with van der Waals surface area (Å²) in [6, 6.07) is 6.65. The Labute approximate surface area is 172 Å². The van der Waals surface area contributed by atoms with Crippen molar-refractivity contribution in [1.82, 2.24) is 4.90 Å². The van der Waals surface area contributed by atoms with Crippen molar-refractivity contribution in [3.05, 3.63) is 24.3 Å². The minimum Gasteiger partial charge on any atom is -0.494 e. The van der Waals surface area contributed by atoms with E-state index in [2.05, 4.69) is 0 Å². The highest BCUT2D eigenvalue weighted by Crippen LogP contribution is 2.23. The number of hydrogen-bond acceptors (Lipinski definition) is 6. The molecule has 2 rings (SSSR count). The lowest BCUT2D eigenvalue weighted by atomic mass is 9.97. The summed E-state index contributed by atoms with van der Waals surface area (Å²) in [5, 5.41) is 0. The van der Waals surface area contributed by atoms with E-state index < -0.39 is 10.0 Å². The van der Waals surface area contributed by atoms with Crippen molar-refractivity contribution in [2.75, 3.05) is 43.4 Å². The highest BCUT2D eigenvalue weighted by Gasteiger charge is 2.30. The van der Waals surface area contributed by atoms with Gasteiger partial charge >= 0.3 is 5.97 Å². The van der Waals surface area contributed by atoms with Gasteiger partial charge in [0.15, 0.2) is 0 Å². The fourth-order valence-electron chi connectivity index (χ4n) is 3.18. The first-order valence-electron chi connectivity index (χ1n) is 9.91. The van der Waals surface area contributed by atoms with Crippen LogP contribution in [0.2, 0.25) is 0 Å². The fourth-order valence-corrected chi connectivity index (χ4v) is 4.03. The highest BCUT2D eigenvalue weighted by molar-refractivity contribution is 7.92. The molecule has 1 aromatic rings. The molecule has 0 aromatic heterocycles. The third kappa shape index (κ3) is 6.62. The first-order chi connectivity index (χ1) is 13.8. The van der Waals surface area contributed by atoms with Gasteiger partial charge in [0.25, 0.3) is 0 Å². The van der Waals surface area contributed by atoms with E-state index in [1.807, 2.05) is 6.92 Å². The number of rotatable bonds is 9. The summed E-state index contributed by atoms with van der Waals surface area (Å²) in [6.07, 6.45) is 2.99. The molecule has 0 radical (unpaired) electrons. The van der Waals surface area contributed by atoms with Crippen LogP contribution in [-0.2, 0) is 24.3 Å². The van der Waals surface area contributed by atoms with Gasteiger partial charge in [0.05, 0.1) is 31.1 Å². The standard InChI is InChI=1S/C20H30N2O6S/c1-4-14-28-18-8-6-17(7-9-18)22(29(3,25)26)15-19(23)21-12-10-16(11-13-21)20(24)27-5-2/h6-9,16H,4-5,10-15H2,1-3H3. The second-order valence-electron chi connectivity index (χ2n) is 7.02. The number of piperidine rings is 1. The number of carbonyl (C=O) groups is 2. The van der Waals surface area contributed by atoms with Crippen molar-refractivity contribution in [3.63, 3.8) is 0 Å². The molecule has 1 fully saturated rings. The van der Waals surface area contributed by atoms with Crippen LogP contribution in [-0.4, -0.2) is 64.3 Å². The van der Waals surface area contributed by atoms with Gasteiger partial charge in [-0.15, -0.1) is 0 Å². The maximum absolute atomic E-state index is 12.7. The molecule has 1 aromatic carbocycles. The van der Waals surface area contributed by atoms with E-state index >= 15 is 0 Å². The minimum absolute atomic E-state index is 0.208. The summed E-state index contributed by atoms with van der Waals surface area (Å²) in [6.45, 7) is 5.21. The molecule has 162 valence electrons. The highest BCUT2D eigenvalue weighted by atomic mass is 32.2. The third-order valence-corrected chi connectivity index (χ3v) is 5.88. The zero-order valence-corrected chi connectivity index (χ0v) is 18.1. The predicted molar refractivity (Wildman–Crippen MR) is 110 cm³/mol. The molecule has 1 saturated heterocycles. The number of sulfonamides is 1. The van der Waals surface area contributed by atoms with Crippen LogP contribution in [0.4, 0.5) is 5.69 Å². The Morgan fingerprint density at radius 2 is 1.76 bits per heavy atom. The van der Waals surface area contributed by atoms with Crippen LogP contribution in [0.25, 0.3) is 0 Å². The van der Waals surface area contributed by atoms with Crippen molar-refractivity contribution < 1.29 is 27.5 Å². The van der Waals surface area contributed by atoms with Crippen LogP contribution in [0.5, 0.6) is 5.75 Å². The van der Waals surface area contributed by atoms with Crippen LogP contribution >= 0.6 is 0 Å². The van der Waals surface area contributed by atoms with Crippen LogP contribution < -0.4 is 9.04 Å². The third-order valence-electron chi connectivity index (χ3n) is 4.74. The lowest BCUT2D eigenvalue weighted by molar-refractivity contribution is -0.151. The van der Waals surface area contributed by atoms with Crippen molar-refractivity contribution in [3.8, 4) is 5.75 Å². The van der Waals surface area contributed by atoms with E-state index in [0.29, 0.717) is 50.6 Å². The Balaban J connectivity index is 2.02. The van der Waals surface area contributed by atoms with Crippen molar-refractivity contribution in [2.45, 2.75) is 33.1 Å². The average Bonchev–Trinajstić information content (AvgIpc) is 2.70. The van der Waals surface area contributed by atoms with E-state index in [1.165, 1.54) is 0 Å². The monoisotopic (exact) mass is 426 g/mol. The molecule has 1 heterocycles. The number of nitrogens with zero attached hydrogens (tertiary/aromatic N) is 2. The zero-order chi connectivity index (χ0) is 21.4. The average molecular weight is 427 g/mol. The first-order valence-corrected chi connectivity index (χ1v) is 11.8. The molecule has 0 spiro atoms. The second kappa shape index (κ2) is 10.5. The number of amides is 1. The summed E-state index contributed by atoms with van der Waals surface area (Å²) in [5.41, 5.74) is 0.408. The topological polar surface area (TPSA) is 93.2 Å². The Hall–Kier alpha value is -2.29. The minimum atomic E-state index is -3.64. The quantitative estimate of drug-likeness (QED) is 0.561. The molecule has 0 aliphatic carbocycles. The van der Waals surface area contributed by atoms with Gasteiger partial charge in [-0.1, -0.05) is 6.92 Å². The molecule has 8 nitrogen and oxygen atoms in total. The lowest BCUT2D eigenvalue weighted by Gasteiger charge is -2.32. The summed E-state index contributed by atoms with van der Waals surface area (Å²) in [5.74, 6) is -0.0797. The maximum atomic E-state index is 12.7. The Kier molecular flexibility index (Phi) is 8.31. The van der Waals surface area contributed by atoms with Gasteiger partial charge in [0.1, 0.15) is 12.3 Å². The molecule has 0 saturated carbocycles. The summed E-state index contributed by atoms with van der Waals surface area (Å²) >= 11 is 0. The van der Waals surface area contributed by atoms with Gasteiger partial charge in [-0.2, -0.15) is 0 Å². The van der Waals surface area contributed by atoms with E-state index in [0.717, 1.165) is 17.0 Å². The van der Waals surface area contributed by atoms with Crippen molar-refractivity contribution >= 4 is 27.6 Å². The van der Waals surface area contributed by atoms with Crippen molar-refractivity contribution in [1.29, 1.82) is 0 Å². The molecule has 9 heteroatoms. The summed E-state index contributed by atoms with van der Waals surface area (Å²) in [7, 11) is -3.64. The molecule has 0 atom stereocenters. The molecular formula is C20H30N2O6S. The maximum Gasteiger partial charge on any atom is 0.309 e. The molecule has 0 unspecified atom stereocenters. The molecular weight excluding hydrogens is 396 g/mol. The van der Waals surface area contributed by atoms with Crippen LogP contribution in [0.3, 0.4) is 0 Å². The van der Waals surface area contributed by atoms with Crippen LogP contribution in [0.15, 0.2) is 24.3 Å². The molecule has 1 aliphatic rings. The van der Waals surface area contributed by atoms with E-state index in [9.17, 15) is 18.0 Å². The molecule has 0 N–H and O–H groups in total. The number of esters is 1. The summed E-state index contributed by atoms with van der Waals surface area (Å²) < 4.78 is 36.2. The summed E-state index contributed by atoms with van der Waals surface area (Å²) in [4.78, 5) is 26.2. The largest absolute Gasteiger partial charge is 0.494 e. The Bertz CT molecular complexity index is 786. The number of ether oxygens (including phenoxy) is 2. The van der Waals surface area contributed by atoms with Crippen molar-refractivity contribution in [2.24, 2.45) is 5.92 Å². The lowest BCUT2D eigenvalue weighted by Crippen LogP contribution is -2.46. The Morgan fingerprint density at radius 3 is 2.28 bits per heavy atom. The molecule has 1 aliphatic heterocycles. The van der Waals surface area contributed by atoms with Crippen LogP contribution in [0, 0.1) is 5.92 Å². The number of hydrogen-bond donors (Lipinski definition) is 0. The van der Waals surface area contributed by atoms with Gasteiger partial charge < -0.3 is 14.4 Å². The van der Waals surface area contributed by atoms with E-state index in [4.69, 9.17) is 9.47 Å². The van der Waals surface area contributed by atoms with Gasteiger partial charge in [0.2, 0.25) is 15.9 Å². The van der Waals surface area contributed by atoms with Gasteiger partial charge in [-0.3, -0.25) is 13.9 Å². The number of likely N-dealkylation sites (tertiary alicyclic amines) is 1. The predicted octanol–water partition coefficient (Wildman–Crippen LogP) is 2.04.